The highest BCUT2D eigenvalue weighted by molar-refractivity contribution is 5.52. The van der Waals surface area contributed by atoms with Crippen molar-refractivity contribution >= 4 is 5.69 Å². The summed E-state index contributed by atoms with van der Waals surface area (Å²) in [6.45, 7) is 2.70. The van der Waals surface area contributed by atoms with Crippen molar-refractivity contribution in [2.75, 3.05) is 19.0 Å². The van der Waals surface area contributed by atoms with E-state index in [1.54, 1.807) is 7.11 Å². The molecular weight excluding hydrogens is 200 g/mol. The van der Waals surface area contributed by atoms with Gasteiger partial charge < -0.3 is 10.1 Å². The number of benzene rings is 1. The van der Waals surface area contributed by atoms with Crippen molar-refractivity contribution in [3.63, 3.8) is 0 Å². The maximum atomic E-state index is 8.92. The Morgan fingerprint density at radius 3 is 2.81 bits per heavy atom. The topological polar surface area (TPSA) is 45.0 Å². The van der Waals surface area contributed by atoms with E-state index in [-0.39, 0.29) is 6.04 Å². The molecule has 1 aromatic carbocycles. The van der Waals surface area contributed by atoms with E-state index in [1.807, 2.05) is 25.1 Å². The van der Waals surface area contributed by atoms with Gasteiger partial charge in [0.2, 0.25) is 0 Å². The fourth-order valence-corrected chi connectivity index (χ4v) is 1.50. The second-order valence-electron chi connectivity index (χ2n) is 3.63. The molecule has 0 radical (unpaired) electrons. The van der Waals surface area contributed by atoms with E-state index in [0.717, 1.165) is 18.5 Å². The Kier molecular flexibility index (Phi) is 5.38. The minimum Gasteiger partial charge on any atom is -0.384 e. The van der Waals surface area contributed by atoms with Crippen molar-refractivity contribution in [1.29, 1.82) is 5.26 Å². The van der Waals surface area contributed by atoms with Crippen molar-refractivity contribution in [3.05, 3.63) is 29.8 Å². The molecule has 0 heterocycles. The molecule has 0 amide bonds. The van der Waals surface area contributed by atoms with Crippen LogP contribution in [0.2, 0.25) is 0 Å². The lowest BCUT2D eigenvalue weighted by Crippen LogP contribution is -2.17. The summed E-state index contributed by atoms with van der Waals surface area (Å²) in [5, 5.41) is 12.2. The van der Waals surface area contributed by atoms with Gasteiger partial charge in [0.1, 0.15) is 6.04 Å². The Labute approximate surface area is 97.0 Å². The zero-order chi connectivity index (χ0) is 11.8. The summed E-state index contributed by atoms with van der Waals surface area (Å²) in [5.74, 6) is 0. The Morgan fingerprint density at radius 1 is 1.44 bits per heavy atom. The highest BCUT2D eigenvalue weighted by Crippen LogP contribution is 2.17. The Balaban J connectivity index is 2.74. The summed E-state index contributed by atoms with van der Waals surface area (Å²) in [5.41, 5.74) is 2.23. The van der Waals surface area contributed by atoms with E-state index >= 15 is 0 Å². The number of nitrogens with zero attached hydrogens (tertiary/aromatic N) is 1. The van der Waals surface area contributed by atoms with Crippen molar-refractivity contribution in [1.82, 2.24) is 0 Å². The first-order valence-electron chi connectivity index (χ1n) is 5.54. The van der Waals surface area contributed by atoms with E-state index in [4.69, 9.17) is 10.00 Å². The van der Waals surface area contributed by atoms with Gasteiger partial charge in [-0.2, -0.15) is 5.26 Å². The normalized spacial score (nSPS) is 11.8. The fraction of sp³-hybridized carbons (Fsp3) is 0.462. The van der Waals surface area contributed by atoms with Crippen LogP contribution in [0, 0.1) is 11.3 Å². The molecule has 86 valence electrons. The van der Waals surface area contributed by atoms with Crippen LogP contribution >= 0.6 is 0 Å². The first-order chi connectivity index (χ1) is 7.81. The minimum atomic E-state index is -0.122. The number of anilines is 1. The smallest absolute Gasteiger partial charge is 0.114 e. The largest absolute Gasteiger partial charge is 0.384 e. The number of ether oxygens (including phenoxy) is 1. The third kappa shape index (κ3) is 3.56. The van der Waals surface area contributed by atoms with E-state index in [1.165, 1.54) is 5.56 Å². The van der Waals surface area contributed by atoms with E-state index in [0.29, 0.717) is 6.61 Å². The number of para-hydroxylation sites is 1. The van der Waals surface area contributed by atoms with Crippen LogP contribution in [0.25, 0.3) is 0 Å². The summed E-state index contributed by atoms with van der Waals surface area (Å²) in [4.78, 5) is 0. The molecule has 0 aliphatic rings. The minimum absolute atomic E-state index is 0.122. The molecule has 1 unspecified atom stereocenters. The van der Waals surface area contributed by atoms with Gasteiger partial charge in [0.05, 0.1) is 12.7 Å². The second kappa shape index (κ2) is 6.86. The SMILES string of the molecule is CCC(C#N)Nc1ccccc1CCOC. The molecule has 0 aliphatic heterocycles. The van der Waals surface area contributed by atoms with E-state index in [9.17, 15) is 0 Å². The van der Waals surface area contributed by atoms with E-state index in [2.05, 4.69) is 17.5 Å². The van der Waals surface area contributed by atoms with Gasteiger partial charge in [-0.25, -0.2) is 0 Å². The van der Waals surface area contributed by atoms with Gasteiger partial charge >= 0.3 is 0 Å². The van der Waals surface area contributed by atoms with Gasteiger partial charge in [0.15, 0.2) is 0 Å². The average Bonchev–Trinajstić information content (AvgIpc) is 2.34. The molecule has 0 saturated carbocycles. The predicted octanol–water partition coefficient (Wildman–Crippen LogP) is 2.59. The summed E-state index contributed by atoms with van der Waals surface area (Å²) >= 11 is 0. The maximum absolute atomic E-state index is 8.92. The molecule has 3 nitrogen and oxygen atoms in total. The van der Waals surface area contributed by atoms with Crippen LogP contribution in [0.3, 0.4) is 0 Å². The lowest BCUT2D eigenvalue weighted by molar-refractivity contribution is 0.202. The molecule has 0 aliphatic carbocycles. The van der Waals surface area contributed by atoms with Gasteiger partial charge in [-0.1, -0.05) is 25.1 Å². The molecule has 0 saturated heterocycles. The molecule has 0 spiro atoms. The molecule has 1 rings (SSSR count). The zero-order valence-electron chi connectivity index (χ0n) is 9.86. The monoisotopic (exact) mass is 218 g/mol. The summed E-state index contributed by atoms with van der Waals surface area (Å²) in [7, 11) is 1.69. The summed E-state index contributed by atoms with van der Waals surface area (Å²) in [6, 6.07) is 10.2. The van der Waals surface area contributed by atoms with Gasteiger partial charge in [0.25, 0.3) is 0 Å². The van der Waals surface area contributed by atoms with Crippen LogP contribution in [0.5, 0.6) is 0 Å². The van der Waals surface area contributed by atoms with Gasteiger partial charge in [0, 0.05) is 12.8 Å². The molecule has 1 aromatic rings. The molecular formula is C13H18N2O. The summed E-state index contributed by atoms with van der Waals surface area (Å²) in [6.07, 6.45) is 1.66. The van der Waals surface area contributed by atoms with Gasteiger partial charge in [-0.05, 0) is 24.5 Å². The molecule has 1 atom stereocenters. The number of hydrogen-bond acceptors (Lipinski definition) is 3. The van der Waals surface area contributed by atoms with Crippen molar-refractivity contribution in [2.24, 2.45) is 0 Å². The van der Waals surface area contributed by atoms with Crippen LogP contribution in [-0.4, -0.2) is 19.8 Å². The molecule has 1 N–H and O–H groups in total. The molecule has 0 fully saturated rings. The predicted molar refractivity (Wildman–Crippen MR) is 65.3 cm³/mol. The third-order valence-corrected chi connectivity index (χ3v) is 2.49. The molecule has 3 heteroatoms. The standard InChI is InChI=1S/C13H18N2O/c1-3-12(10-14)15-13-7-5-4-6-11(13)8-9-16-2/h4-7,12,15H,3,8-9H2,1-2H3. The Bertz CT molecular complexity index is 357. The Morgan fingerprint density at radius 2 is 2.19 bits per heavy atom. The van der Waals surface area contributed by atoms with Crippen LogP contribution < -0.4 is 5.32 Å². The lowest BCUT2D eigenvalue weighted by Gasteiger charge is -2.14. The van der Waals surface area contributed by atoms with E-state index < -0.39 is 0 Å². The fourth-order valence-electron chi connectivity index (χ4n) is 1.50. The second-order valence-corrected chi connectivity index (χ2v) is 3.63. The molecule has 0 aromatic heterocycles. The number of nitrogens with one attached hydrogen (secondary N) is 1. The number of rotatable bonds is 6. The highest BCUT2D eigenvalue weighted by Gasteiger charge is 2.06. The molecule has 16 heavy (non-hydrogen) atoms. The highest BCUT2D eigenvalue weighted by atomic mass is 16.5. The lowest BCUT2D eigenvalue weighted by atomic mass is 10.1. The van der Waals surface area contributed by atoms with Crippen molar-refractivity contribution < 1.29 is 4.74 Å². The quantitative estimate of drug-likeness (QED) is 0.798. The van der Waals surface area contributed by atoms with Crippen LogP contribution in [0.4, 0.5) is 5.69 Å². The summed E-state index contributed by atoms with van der Waals surface area (Å²) < 4.78 is 5.07. The van der Waals surface area contributed by atoms with Crippen molar-refractivity contribution in [2.45, 2.75) is 25.8 Å². The van der Waals surface area contributed by atoms with Crippen molar-refractivity contribution in [3.8, 4) is 6.07 Å². The Hall–Kier alpha value is -1.53. The van der Waals surface area contributed by atoms with Gasteiger partial charge in [-0.3, -0.25) is 0 Å². The first-order valence-corrected chi connectivity index (χ1v) is 5.54. The maximum Gasteiger partial charge on any atom is 0.114 e. The number of nitriles is 1. The number of hydrogen-bond donors (Lipinski definition) is 1. The van der Waals surface area contributed by atoms with Crippen LogP contribution in [0.1, 0.15) is 18.9 Å². The number of methoxy groups -OCH3 is 1. The average molecular weight is 218 g/mol. The molecule has 0 bridgehead atoms. The third-order valence-electron chi connectivity index (χ3n) is 2.49. The van der Waals surface area contributed by atoms with Crippen LogP contribution in [-0.2, 0) is 11.2 Å². The first kappa shape index (κ1) is 12.5. The zero-order valence-corrected chi connectivity index (χ0v) is 9.86. The van der Waals surface area contributed by atoms with Gasteiger partial charge in [-0.15, -0.1) is 0 Å². The van der Waals surface area contributed by atoms with Crippen LogP contribution in [0.15, 0.2) is 24.3 Å².